The quantitative estimate of drug-likeness (QED) is 0.177. The second-order valence-corrected chi connectivity index (χ2v) is 9.10. The van der Waals surface area contributed by atoms with Crippen molar-refractivity contribution < 1.29 is 19.4 Å². The first-order valence-corrected chi connectivity index (χ1v) is 11.9. The van der Waals surface area contributed by atoms with Gasteiger partial charge in [0.15, 0.2) is 0 Å². The van der Waals surface area contributed by atoms with Crippen molar-refractivity contribution in [2.45, 2.75) is 111 Å². The molecule has 0 aromatic heterocycles. The molecule has 192 valence electrons. The van der Waals surface area contributed by atoms with Crippen LogP contribution >= 0.6 is 0 Å². The van der Waals surface area contributed by atoms with Gasteiger partial charge in [-0.3, -0.25) is 25.0 Å². The highest BCUT2D eigenvalue weighted by Gasteiger charge is 2.50. The van der Waals surface area contributed by atoms with Gasteiger partial charge in [-0.25, -0.2) is 0 Å². The lowest BCUT2D eigenvalue weighted by atomic mass is 9.66. The van der Waals surface area contributed by atoms with Crippen LogP contribution in [0.1, 0.15) is 99.3 Å². The fourth-order valence-electron chi connectivity index (χ4n) is 5.46. The van der Waals surface area contributed by atoms with Crippen LogP contribution in [0, 0.1) is 43.9 Å². The molecule has 0 aromatic rings. The zero-order valence-electron chi connectivity index (χ0n) is 20.3. The summed E-state index contributed by atoms with van der Waals surface area (Å²) >= 11 is 0. The van der Waals surface area contributed by atoms with E-state index in [2.05, 4.69) is 13.2 Å². The van der Waals surface area contributed by atoms with Gasteiger partial charge in [0.05, 0.1) is 0 Å². The number of rotatable bonds is 8. The lowest BCUT2D eigenvalue weighted by molar-refractivity contribution is -0.582. The van der Waals surface area contributed by atoms with Crippen molar-refractivity contribution in [3.8, 4) is 0 Å². The Kier molecular flexibility index (Phi) is 16.5. The lowest BCUT2D eigenvalue weighted by Gasteiger charge is -2.37. The molecule has 0 heterocycles. The topological polar surface area (TPSA) is 120 Å². The van der Waals surface area contributed by atoms with Crippen molar-refractivity contribution in [1.82, 2.24) is 0 Å². The number of ketones is 1. The Morgan fingerprint density at radius 1 is 1.06 bits per heavy atom. The van der Waals surface area contributed by atoms with E-state index in [-0.39, 0.29) is 46.7 Å². The highest BCUT2D eigenvalue weighted by Crippen LogP contribution is 2.41. The summed E-state index contributed by atoms with van der Waals surface area (Å²) in [6, 6.07) is -0.487. The highest BCUT2D eigenvalue weighted by atomic mass is 16.6. The summed E-state index contributed by atoms with van der Waals surface area (Å²) in [5.41, 5.74) is -0.898. The molecule has 2 aliphatic carbocycles. The van der Waals surface area contributed by atoms with Crippen LogP contribution in [-0.4, -0.2) is 33.5 Å². The summed E-state index contributed by atoms with van der Waals surface area (Å²) in [4.78, 5) is 44.0. The lowest BCUT2D eigenvalue weighted by Crippen LogP contribution is -2.49. The fraction of sp³-hybridized carbons (Fsp3) is 0.840. The third-order valence-electron chi connectivity index (χ3n) is 7.36. The minimum absolute atomic E-state index is 0. The van der Waals surface area contributed by atoms with E-state index in [1.165, 1.54) is 0 Å². The number of hydrogen-bond acceptors (Lipinski definition) is 6. The third kappa shape index (κ3) is 8.97. The van der Waals surface area contributed by atoms with Gasteiger partial charge in [-0.2, -0.15) is 0 Å². The van der Waals surface area contributed by atoms with Gasteiger partial charge in [-0.05, 0) is 45.4 Å². The Labute approximate surface area is 199 Å². The summed E-state index contributed by atoms with van der Waals surface area (Å²) in [7, 11) is 0. The molecule has 0 radical (unpaired) electrons. The standard InChI is InChI=1S/C12H21NO3.C10H17NO3.C2H4.CH4/c1-4-10(9(2)14)11-7-5-6-8-12(11,3)13(15)16;1-2-8(7-12)9-5-3-4-6-10(9)11(13)14;1-2;/h10-11H,4-8H2,1-3H3;7-10H,2-6H2,1H3;1-2H2;1H4/t;8-,9+,10+;;/m.1../s1. The largest absolute Gasteiger partial charge is 0.303 e. The number of aldehydes is 1. The van der Waals surface area contributed by atoms with Gasteiger partial charge in [-0.1, -0.05) is 34.1 Å². The average Bonchev–Trinajstić information content (AvgIpc) is 2.78. The molecule has 0 saturated heterocycles. The highest BCUT2D eigenvalue weighted by molar-refractivity contribution is 5.78. The number of nitrogens with zero attached hydrogens (tertiary/aromatic N) is 2. The number of carbonyl (C=O) groups excluding carboxylic acids is 2. The molecular formula is C25H46N2O6. The molecule has 0 spiro atoms. The number of hydrogen-bond donors (Lipinski definition) is 0. The smallest absolute Gasteiger partial charge is 0.223 e. The fourth-order valence-corrected chi connectivity index (χ4v) is 5.46. The van der Waals surface area contributed by atoms with E-state index in [0.717, 1.165) is 51.2 Å². The Bertz CT molecular complexity index is 626. The molecule has 0 amide bonds. The Balaban J connectivity index is 0. The van der Waals surface area contributed by atoms with E-state index in [4.69, 9.17) is 0 Å². The van der Waals surface area contributed by atoms with Gasteiger partial charge in [0, 0.05) is 53.3 Å². The maximum atomic E-state index is 11.6. The number of nitro groups is 2. The zero-order valence-corrected chi connectivity index (χ0v) is 20.3. The molecule has 0 N–H and O–H groups in total. The van der Waals surface area contributed by atoms with Gasteiger partial charge < -0.3 is 4.79 Å². The van der Waals surface area contributed by atoms with Crippen LogP contribution in [0.25, 0.3) is 0 Å². The molecule has 8 nitrogen and oxygen atoms in total. The molecule has 2 fully saturated rings. The minimum Gasteiger partial charge on any atom is -0.303 e. The molecule has 0 aromatic carbocycles. The van der Waals surface area contributed by atoms with Crippen molar-refractivity contribution >= 4 is 12.1 Å². The van der Waals surface area contributed by atoms with Crippen molar-refractivity contribution in [1.29, 1.82) is 0 Å². The first kappa shape index (κ1) is 33.1. The molecule has 0 bridgehead atoms. The molecule has 2 aliphatic rings. The Morgan fingerprint density at radius 3 is 2.03 bits per heavy atom. The number of carbonyl (C=O) groups is 2. The Hall–Kier alpha value is -2.12. The van der Waals surface area contributed by atoms with E-state index in [0.29, 0.717) is 19.3 Å². The second kappa shape index (κ2) is 16.5. The molecule has 8 heteroatoms. The van der Waals surface area contributed by atoms with Gasteiger partial charge in [0.2, 0.25) is 11.6 Å². The first-order valence-electron chi connectivity index (χ1n) is 11.9. The van der Waals surface area contributed by atoms with E-state index in [9.17, 15) is 29.8 Å². The zero-order chi connectivity index (χ0) is 24.9. The summed E-state index contributed by atoms with van der Waals surface area (Å²) in [5, 5.41) is 22.0. The van der Waals surface area contributed by atoms with Gasteiger partial charge >= 0.3 is 0 Å². The van der Waals surface area contributed by atoms with Crippen molar-refractivity contribution in [2.24, 2.45) is 23.7 Å². The van der Waals surface area contributed by atoms with Crippen molar-refractivity contribution in [3.63, 3.8) is 0 Å². The van der Waals surface area contributed by atoms with Gasteiger partial charge in [0.25, 0.3) is 0 Å². The second-order valence-electron chi connectivity index (χ2n) is 9.10. The molecule has 33 heavy (non-hydrogen) atoms. The SMILES string of the molecule is C.C=C.CCC(C(C)=O)C1CCCCC1(C)[N+](=O)[O-].CC[C@H](C=O)[C@@H]1CCCC[C@@H]1[N+](=O)[O-]. The van der Waals surface area contributed by atoms with Crippen LogP contribution in [-0.2, 0) is 9.59 Å². The summed E-state index contributed by atoms with van der Waals surface area (Å²) in [5.74, 6) is -0.274. The van der Waals surface area contributed by atoms with Crippen LogP contribution in [0.4, 0.5) is 0 Å². The average molecular weight is 471 g/mol. The maximum absolute atomic E-state index is 11.6. The first-order chi connectivity index (χ1) is 15.1. The summed E-state index contributed by atoms with van der Waals surface area (Å²) < 4.78 is 0. The van der Waals surface area contributed by atoms with E-state index < -0.39 is 11.6 Å². The normalized spacial score (nSPS) is 28.2. The summed E-state index contributed by atoms with van der Waals surface area (Å²) in [6.45, 7) is 13.1. The molecule has 2 rings (SSSR count). The maximum Gasteiger partial charge on any atom is 0.223 e. The molecular weight excluding hydrogens is 424 g/mol. The van der Waals surface area contributed by atoms with Crippen LogP contribution in [0.5, 0.6) is 0 Å². The van der Waals surface area contributed by atoms with Crippen LogP contribution in [0.2, 0.25) is 0 Å². The van der Waals surface area contributed by atoms with Crippen LogP contribution < -0.4 is 0 Å². The Morgan fingerprint density at radius 2 is 1.61 bits per heavy atom. The van der Waals surface area contributed by atoms with Crippen LogP contribution in [0.3, 0.4) is 0 Å². The predicted molar refractivity (Wildman–Crippen MR) is 132 cm³/mol. The predicted octanol–water partition coefficient (Wildman–Crippen LogP) is 6.31. The van der Waals surface area contributed by atoms with Gasteiger partial charge in [-0.15, -0.1) is 13.2 Å². The molecule has 0 aliphatic heterocycles. The van der Waals surface area contributed by atoms with E-state index in [1.54, 1.807) is 13.8 Å². The van der Waals surface area contributed by atoms with E-state index >= 15 is 0 Å². The van der Waals surface area contributed by atoms with E-state index in [1.807, 2.05) is 13.8 Å². The van der Waals surface area contributed by atoms with Crippen molar-refractivity contribution in [3.05, 3.63) is 33.4 Å². The third-order valence-corrected chi connectivity index (χ3v) is 7.36. The summed E-state index contributed by atoms with van der Waals surface area (Å²) in [6.07, 6.45) is 9.10. The number of Topliss-reactive ketones (excluding diaryl/α,β-unsaturated/α-hetero) is 1. The molecule has 6 atom stereocenters. The van der Waals surface area contributed by atoms with Crippen LogP contribution in [0.15, 0.2) is 13.2 Å². The monoisotopic (exact) mass is 470 g/mol. The van der Waals surface area contributed by atoms with Crippen molar-refractivity contribution in [2.75, 3.05) is 0 Å². The molecule has 3 unspecified atom stereocenters. The minimum atomic E-state index is -0.898. The molecule has 2 saturated carbocycles. The van der Waals surface area contributed by atoms with Gasteiger partial charge in [0.1, 0.15) is 12.1 Å².